The number of nitrogens with two attached hydrogens (primary N) is 1. The third kappa shape index (κ3) is 4.99. The normalized spacial score (nSPS) is 15.8. The lowest BCUT2D eigenvalue weighted by Crippen LogP contribution is -2.50. The van der Waals surface area contributed by atoms with E-state index in [4.69, 9.17) is 10.5 Å². The molecule has 3 amide bonds. The fraction of sp³-hybridized carbons (Fsp3) is 0.471. The van der Waals surface area contributed by atoms with Gasteiger partial charge in [-0.2, -0.15) is 0 Å². The number of morpholine rings is 1. The number of carbonyl (C=O) groups excluding carboxylic acids is 3. The zero-order chi connectivity index (χ0) is 19.3. The summed E-state index contributed by atoms with van der Waals surface area (Å²) in [7, 11) is 0. The molecule has 1 saturated heterocycles. The minimum absolute atomic E-state index is 0.0537. The number of halogens is 1. The Hall–Kier alpha value is -2.52. The Morgan fingerprint density at radius 1 is 1.38 bits per heavy atom. The predicted octanol–water partition coefficient (Wildman–Crippen LogP) is 0.227. The number of carbonyl (C=O) groups is 3. The van der Waals surface area contributed by atoms with Gasteiger partial charge < -0.3 is 20.7 Å². The van der Waals surface area contributed by atoms with Gasteiger partial charge in [0.1, 0.15) is 12.4 Å². The van der Waals surface area contributed by atoms with E-state index in [1.165, 1.54) is 17.0 Å². The molecule has 2 rings (SSSR count). The molecule has 1 aromatic carbocycles. The SMILES string of the molecule is CC(C)CN[C@H](C(N)=O)C(=O)Nc1ccc(N2CCOCC2=O)cc1F. The molecule has 1 aromatic rings. The average molecular weight is 366 g/mol. The number of nitrogens with zero attached hydrogens (tertiary/aromatic N) is 1. The molecule has 9 heteroatoms. The number of hydrogen-bond acceptors (Lipinski definition) is 5. The van der Waals surface area contributed by atoms with E-state index in [9.17, 15) is 18.8 Å². The van der Waals surface area contributed by atoms with Crippen LogP contribution in [-0.2, 0) is 19.1 Å². The van der Waals surface area contributed by atoms with Gasteiger partial charge >= 0.3 is 0 Å². The average Bonchev–Trinajstić information content (AvgIpc) is 2.56. The summed E-state index contributed by atoms with van der Waals surface area (Å²) >= 11 is 0. The van der Waals surface area contributed by atoms with Crippen LogP contribution in [0.25, 0.3) is 0 Å². The van der Waals surface area contributed by atoms with Crippen LogP contribution in [0.2, 0.25) is 0 Å². The van der Waals surface area contributed by atoms with Crippen molar-refractivity contribution in [2.75, 3.05) is 36.5 Å². The van der Waals surface area contributed by atoms with Gasteiger partial charge in [0.15, 0.2) is 6.04 Å². The number of primary amides is 1. The number of hydrogen-bond donors (Lipinski definition) is 3. The summed E-state index contributed by atoms with van der Waals surface area (Å²) in [5.41, 5.74) is 5.51. The molecule has 26 heavy (non-hydrogen) atoms. The maximum absolute atomic E-state index is 14.4. The fourth-order valence-electron chi connectivity index (χ4n) is 2.45. The first-order valence-corrected chi connectivity index (χ1v) is 8.30. The molecular weight excluding hydrogens is 343 g/mol. The van der Waals surface area contributed by atoms with Crippen molar-refractivity contribution < 1.29 is 23.5 Å². The Morgan fingerprint density at radius 3 is 2.69 bits per heavy atom. The molecule has 1 heterocycles. The molecule has 1 atom stereocenters. The summed E-state index contributed by atoms with van der Waals surface area (Å²) in [6.45, 7) is 4.87. The number of amides is 3. The van der Waals surface area contributed by atoms with Gasteiger partial charge in [0, 0.05) is 12.2 Å². The third-order valence-corrected chi connectivity index (χ3v) is 3.78. The minimum atomic E-state index is -1.27. The van der Waals surface area contributed by atoms with E-state index in [1.807, 2.05) is 13.8 Å². The summed E-state index contributed by atoms with van der Waals surface area (Å²) in [6.07, 6.45) is 0. The van der Waals surface area contributed by atoms with E-state index in [0.29, 0.717) is 25.4 Å². The zero-order valence-corrected chi connectivity index (χ0v) is 14.8. The summed E-state index contributed by atoms with van der Waals surface area (Å²) in [5.74, 6) is -2.38. The van der Waals surface area contributed by atoms with Crippen LogP contribution in [0.3, 0.4) is 0 Å². The van der Waals surface area contributed by atoms with Crippen LogP contribution >= 0.6 is 0 Å². The molecule has 8 nitrogen and oxygen atoms in total. The Kier molecular flexibility index (Phi) is 6.64. The first-order chi connectivity index (χ1) is 12.3. The van der Waals surface area contributed by atoms with Crippen LogP contribution in [0.15, 0.2) is 18.2 Å². The highest BCUT2D eigenvalue weighted by molar-refractivity contribution is 6.09. The first-order valence-electron chi connectivity index (χ1n) is 8.30. The lowest BCUT2D eigenvalue weighted by atomic mass is 10.1. The van der Waals surface area contributed by atoms with Crippen LogP contribution in [0.1, 0.15) is 13.8 Å². The highest BCUT2D eigenvalue weighted by Crippen LogP contribution is 2.23. The van der Waals surface area contributed by atoms with E-state index < -0.39 is 23.7 Å². The number of nitrogens with one attached hydrogen (secondary N) is 2. The molecule has 0 unspecified atom stereocenters. The Morgan fingerprint density at radius 2 is 2.12 bits per heavy atom. The number of anilines is 2. The van der Waals surface area contributed by atoms with Crippen molar-refractivity contribution in [1.29, 1.82) is 0 Å². The second kappa shape index (κ2) is 8.72. The zero-order valence-electron chi connectivity index (χ0n) is 14.8. The van der Waals surface area contributed by atoms with Gasteiger partial charge in [-0.25, -0.2) is 4.39 Å². The highest BCUT2D eigenvalue weighted by Gasteiger charge is 2.26. The predicted molar refractivity (Wildman–Crippen MR) is 94.0 cm³/mol. The smallest absolute Gasteiger partial charge is 0.253 e. The lowest BCUT2D eigenvalue weighted by Gasteiger charge is -2.27. The molecule has 4 N–H and O–H groups in total. The topological polar surface area (TPSA) is 114 Å². The standard InChI is InChI=1S/C17H23FN4O4/c1-10(2)8-20-15(16(19)24)17(25)21-13-4-3-11(7-12(13)18)22-5-6-26-9-14(22)23/h3-4,7,10,15,20H,5-6,8-9H2,1-2H3,(H2,19,24)(H,21,25)/t15-/m1/s1. The van der Waals surface area contributed by atoms with Gasteiger partial charge in [-0.15, -0.1) is 0 Å². The van der Waals surface area contributed by atoms with Crippen LogP contribution in [0.4, 0.5) is 15.8 Å². The van der Waals surface area contributed by atoms with E-state index in [2.05, 4.69) is 10.6 Å². The summed E-state index contributed by atoms with van der Waals surface area (Å²) < 4.78 is 19.4. The van der Waals surface area contributed by atoms with Crippen molar-refractivity contribution in [2.45, 2.75) is 19.9 Å². The lowest BCUT2D eigenvalue weighted by molar-refractivity contribution is -0.128. The first kappa shape index (κ1) is 19.8. The molecule has 1 aliphatic rings. The van der Waals surface area contributed by atoms with Crippen molar-refractivity contribution in [1.82, 2.24) is 5.32 Å². The Balaban J connectivity index is 2.09. The summed E-state index contributed by atoms with van der Waals surface area (Å²) in [5, 5.41) is 5.10. The molecular formula is C17H23FN4O4. The largest absolute Gasteiger partial charge is 0.370 e. The molecule has 0 bridgehead atoms. The second-order valence-corrected chi connectivity index (χ2v) is 6.39. The Labute approximate surface area is 150 Å². The van der Waals surface area contributed by atoms with Gasteiger partial charge in [-0.05, 0) is 30.7 Å². The molecule has 0 saturated carbocycles. The van der Waals surface area contributed by atoms with Crippen LogP contribution in [-0.4, -0.2) is 50.1 Å². The molecule has 0 aliphatic carbocycles. The quantitative estimate of drug-likeness (QED) is 0.598. The number of ether oxygens (including phenoxy) is 1. The van der Waals surface area contributed by atoms with E-state index >= 15 is 0 Å². The molecule has 1 aliphatic heterocycles. The maximum atomic E-state index is 14.4. The molecule has 0 aromatic heterocycles. The Bertz CT molecular complexity index is 695. The van der Waals surface area contributed by atoms with E-state index in [0.717, 1.165) is 6.07 Å². The summed E-state index contributed by atoms with van der Waals surface area (Å²) in [4.78, 5) is 36.9. The van der Waals surface area contributed by atoms with E-state index in [1.54, 1.807) is 0 Å². The third-order valence-electron chi connectivity index (χ3n) is 3.78. The molecule has 0 radical (unpaired) electrons. The monoisotopic (exact) mass is 366 g/mol. The van der Waals surface area contributed by atoms with Crippen molar-refractivity contribution >= 4 is 29.1 Å². The van der Waals surface area contributed by atoms with Crippen LogP contribution in [0.5, 0.6) is 0 Å². The van der Waals surface area contributed by atoms with Gasteiger partial charge in [-0.3, -0.25) is 19.7 Å². The van der Waals surface area contributed by atoms with Crippen molar-refractivity contribution in [3.8, 4) is 0 Å². The van der Waals surface area contributed by atoms with Gasteiger partial charge in [0.25, 0.3) is 11.8 Å². The van der Waals surface area contributed by atoms with Crippen molar-refractivity contribution in [3.63, 3.8) is 0 Å². The number of benzene rings is 1. The summed E-state index contributed by atoms with van der Waals surface area (Å²) in [6, 6.07) is 2.74. The molecule has 0 spiro atoms. The maximum Gasteiger partial charge on any atom is 0.253 e. The van der Waals surface area contributed by atoms with Crippen LogP contribution in [0, 0.1) is 11.7 Å². The highest BCUT2D eigenvalue weighted by atomic mass is 19.1. The van der Waals surface area contributed by atoms with Crippen molar-refractivity contribution in [3.05, 3.63) is 24.0 Å². The molecule has 142 valence electrons. The fourth-order valence-corrected chi connectivity index (χ4v) is 2.45. The van der Waals surface area contributed by atoms with Crippen molar-refractivity contribution in [2.24, 2.45) is 11.7 Å². The van der Waals surface area contributed by atoms with Gasteiger partial charge in [-0.1, -0.05) is 13.8 Å². The van der Waals surface area contributed by atoms with Gasteiger partial charge in [0.05, 0.1) is 12.3 Å². The number of rotatable bonds is 7. The minimum Gasteiger partial charge on any atom is -0.370 e. The second-order valence-electron chi connectivity index (χ2n) is 6.39. The van der Waals surface area contributed by atoms with E-state index in [-0.39, 0.29) is 24.1 Å². The van der Waals surface area contributed by atoms with Gasteiger partial charge in [0.2, 0.25) is 5.91 Å². The molecule has 1 fully saturated rings. The van der Waals surface area contributed by atoms with Crippen LogP contribution < -0.4 is 21.3 Å².